The van der Waals surface area contributed by atoms with Gasteiger partial charge in [0.25, 0.3) is 5.56 Å². The van der Waals surface area contributed by atoms with Gasteiger partial charge < -0.3 is 19.9 Å². The zero-order chi connectivity index (χ0) is 11.9. The first kappa shape index (κ1) is 10.9. The van der Waals surface area contributed by atoms with Gasteiger partial charge in [0.15, 0.2) is 5.30 Å². The number of aromatic hydroxyl groups is 1. The molecule has 84 valence electrons. The van der Waals surface area contributed by atoms with Crippen molar-refractivity contribution in [3.8, 4) is 5.75 Å². The number of hydrogen-bond donors (Lipinski definition) is 4. The fourth-order valence-electron chi connectivity index (χ4n) is 1.49. The van der Waals surface area contributed by atoms with Gasteiger partial charge in [-0.2, -0.15) is 0 Å². The molecule has 0 aliphatic carbocycles. The van der Waals surface area contributed by atoms with Crippen molar-refractivity contribution in [2.75, 3.05) is 0 Å². The van der Waals surface area contributed by atoms with E-state index in [2.05, 4.69) is 4.98 Å². The largest absolute Gasteiger partial charge is 0.506 e. The summed E-state index contributed by atoms with van der Waals surface area (Å²) in [5.41, 5.74) is -0.660. The van der Waals surface area contributed by atoms with Crippen molar-refractivity contribution in [3.63, 3.8) is 0 Å². The fraction of sp³-hybridized carbons (Fsp3) is 0. The Morgan fingerprint density at radius 1 is 1.19 bits per heavy atom. The molecule has 0 saturated carbocycles. The van der Waals surface area contributed by atoms with E-state index in [4.69, 9.17) is 9.79 Å². The topological polar surface area (TPSA) is 111 Å². The maximum atomic E-state index is 11.4. The SMILES string of the molecule is O=c1[nH]c2ccccc2c(O)c1P(=O)(O)O. The smallest absolute Gasteiger partial charge is 0.365 e. The van der Waals surface area contributed by atoms with E-state index in [1.807, 2.05) is 0 Å². The van der Waals surface area contributed by atoms with Crippen molar-refractivity contribution in [1.29, 1.82) is 0 Å². The first-order valence-electron chi connectivity index (χ1n) is 4.31. The predicted molar refractivity (Wildman–Crippen MR) is 57.9 cm³/mol. The molecule has 0 fully saturated rings. The summed E-state index contributed by atoms with van der Waals surface area (Å²) in [5, 5.41) is 8.95. The van der Waals surface area contributed by atoms with Gasteiger partial charge in [-0.25, -0.2) is 0 Å². The van der Waals surface area contributed by atoms with E-state index in [1.54, 1.807) is 12.1 Å². The lowest BCUT2D eigenvalue weighted by Crippen LogP contribution is -2.27. The van der Waals surface area contributed by atoms with Crippen LogP contribution in [0.3, 0.4) is 0 Å². The molecule has 0 amide bonds. The quantitative estimate of drug-likeness (QED) is 0.527. The molecule has 0 bridgehead atoms. The van der Waals surface area contributed by atoms with Crippen LogP contribution in [-0.4, -0.2) is 19.9 Å². The molecule has 1 aromatic carbocycles. The molecule has 16 heavy (non-hydrogen) atoms. The highest BCUT2D eigenvalue weighted by atomic mass is 31.2. The standard InChI is InChI=1S/C9H8NO5P/c11-7-5-3-1-2-4-6(5)10-9(12)8(7)16(13,14)15/h1-4H,(H2,10,11,12)(H2,13,14,15). The summed E-state index contributed by atoms with van der Waals surface area (Å²) >= 11 is 0. The van der Waals surface area contributed by atoms with Crippen molar-refractivity contribution in [2.45, 2.75) is 0 Å². The summed E-state index contributed by atoms with van der Waals surface area (Å²) in [5.74, 6) is -0.673. The van der Waals surface area contributed by atoms with Gasteiger partial charge in [-0.15, -0.1) is 0 Å². The molecule has 0 radical (unpaired) electrons. The Hall–Kier alpha value is -1.62. The second-order valence-corrected chi connectivity index (χ2v) is 4.78. The Morgan fingerprint density at radius 2 is 1.81 bits per heavy atom. The number of H-pyrrole nitrogens is 1. The van der Waals surface area contributed by atoms with E-state index in [1.165, 1.54) is 12.1 Å². The summed E-state index contributed by atoms with van der Waals surface area (Å²) in [6.07, 6.45) is 0. The number of hydrogen-bond acceptors (Lipinski definition) is 3. The zero-order valence-electron chi connectivity index (χ0n) is 7.91. The minimum atomic E-state index is -4.79. The molecule has 0 spiro atoms. The van der Waals surface area contributed by atoms with Crippen LogP contribution in [0.4, 0.5) is 0 Å². The lowest BCUT2D eigenvalue weighted by molar-refractivity contribution is 0.384. The molecule has 0 atom stereocenters. The molecular weight excluding hydrogens is 233 g/mol. The molecule has 0 saturated heterocycles. The molecule has 4 N–H and O–H groups in total. The van der Waals surface area contributed by atoms with E-state index in [-0.39, 0.29) is 5.39 Å². The van der Waals surface area contributed by atoms with Gasteiger partial charge in [-0.05, 0) is 12.1 Å². The average Bonchev–Trinajstić information content (AvgIpc) is 2.15. The Labute approximate surface area is 89.3 Å². The molecule has 0 unspecified atom stereocenters. The van der Waals surface area contributed by atoms with Crippen LogP contribution in [0.1, 0.15) is 0 Å². The van der Waals surface area contributed by atoms with Crippen molar-refractivity contribution < 1.29 is 19.5 Å². The Balaban J connectivity index is 2.98. The summed E-state index contributed by atoms with van der Waals surface area (Å²) in [7, 11) is -4.79. The summed E-state index contributed by atoms with van der Waals surface area (Å²) in [6, 6.07) is 6.21. The van der Waals surface area contributed by atoms with E-state index < -0.39 is 24.2 Å². The summed E-state index contributed by atoms with van der Waals surface area (Å²) in [4.78, 5) is 31.6. The van der Waals surface area contributed by atoms with Crippen LogP contribution in [-0.2, 0) is 4.57 Å². The molecule has 6 nitrogen and oxygen atoms in total. The second-order valence-electron chi connectivity index (χ2n) is 3.24. The molecule has 2 aromatic rings. The fourth-order valence-corrected chi connectivity index (χ4v) is 2.20. The Morgan fingerprint density at radius 3 is 2.44 bits per heavy atom. The lowest BCUT2D eigenvalue weighted by Gasteiger charge is -2.07. The third-order valence-corrected chi connectivity index (χ3v) is 3.16. The van der Waals surface area contributed by atoms with E-state index >= 15 is 0 Å². The molecular formula is C9H8NO5P. The van der Waals surface area contributed by atoms with E-state index in [9.17, 15) is 14.5 Å². The van der Waals surface area contributed by atoms with Gasteiger partial charge in [0.2, 0.25) is 0 Å². The molecule has 2 rings (SSSR count). The van der Waals surface area contributed by atoms with Gasteiger partial charge in [0.1, 0.15) is 5.75 Å². The van der Waals surface area contributed by atoms with Gasteiger partial charge in [0, 0.05) is 5.39 Å². The third-order valence-electron chi connectivity index (χ3n) is 2.16. The van der Waals surface area contributed by atoms with Crippen molar-refractivity contribution in [3.05, 3.63) is 34.6 Å². The minimum absolute atomic E-state index is 0.195. The van der Waals surface area contributed by atoms with Gasteiger partial charge >= 0.3 is 7.60 Å². The highest BCUT2D eigenvalue weighted by Crippen LogP contribution is 2.37. The maximum absolute atomic E-state index is 11.4. The number of para-hydroxylation sites is 1. The zero-order valence-corrected chi connectivity index (χ0v) is 8.81. The normalized spacial score (nSPS) is 11.9. The number of benzene rings is 1. The Bertz CT molecular complexity index is 656. The number of fused-ring (bicyclic) bond motifs is 1. The van der Waals surface area contributed by atoms with Crippen LogP contribution in [0.15, 0.2) is 29.1 Å². The van der Waals surface area contributed by atoms with Gasteiger partial charge in [-0.3, -0.25) is 9.36 Å². The van der Waals surface area contributed by atoms with Crippen molar-refractivity contribution >= 4 is 23.8 Å². The van der Waals surface area contributed by atoms with Gasteiger partial charge in [-0.1, -0.05) is 12.1 Å². The average molecular weight is 241 g/mol. The monoisotopic (exact) mass is 241 g/mol. The molecule has 1 aromatic heterocycles. The van der Waals surface area contributed by atoms with E-state index in [0.29, 0.717) is 5.52 Å². The van der Waals surface area contributed by atoms with Crippen molar-refractivity contribution in [1.82, 2.24) is 4.98 Å². The highest BCUT2D eigenvalue weighted by molar-refractivity contribution is 7.60. The Kier molecular flexibility index (Phi) is 2.35. The number of pyridine rings is 1. The summed E-state index contributed by atoms with van der Waals surface area (Å²) in [6.45, 7) is 0. The summed E-state index contributed by atoms with van der Waals surface area (Å²) < 4.78 is 11.0. The highest BCUT2D eigenvalue weighted by Gasteiger charge is 2.27. The number of aromatic amines is 1. The van der Waals surface area contributed by atoms with Crippen LogP contribution in [0.25, 0.3) is 10.9 Å². The second kappa shape index (κ2) is 3.45. The van der Waals surface area contributed by atoms with Crippen LogP contribution in [0.2, 0.25) is 0 Å². The maximum Gasteiger partial charge on any atom is 0.365 e. The molecule has 0 aliphatic heterocycles. The van der Waals surface area contributed by atoms with Crippen LogP contribution in [0.5, 0.6) is 5.75 Å². The molecule has 7 heteroatoms. The third kappa shape index (κ3) is 1.63. The first-order valence-corrected chi connectivity index (χ1v) is 5.92. The number of aromatic nitrogens is 1. The number of nitrogens with one attached hydrogen (secondary N) is 1. The van der Waals surface area contributed by atoms with Crippen LogP contribution < -0.4 is 10.9 Å². The van der Waals surface area contributed by atoms with Crippen LogP contribution in [0, 0.1) is 0 Å². The number of rotatable bonds is 1. The first-order chi connectivity index (χ1) is 7.41. The van der Waals surface area contributed by atoms with Gasteiger partial charge in [0.05, 0.1) is 5.52 Å². The van der Waals surface area contributed by atoms with E-state index in [0.717, 1.165) is 0 Å². The molecule has 0 aliphatic rings. The minimum Gasteiger partial charge on any atom is -0.506 e. The molecule has 1 heterocycles. The lowest BCUT2D eigenvalue weighted by atomic mass is 10.2. The van der Waals surface area contributed by atoms with Crippen LogP contribution >= 0.6 is 7.60 Å². The van der Waals surface area contributed by atoms with Crippen molar-refractivity contribution in [2.24, 2.45) is 0 Å². The predicted octanol–water partition coefficient (Wildman–Crippen LogP) is 0.0367.